The number of pyridine rings is 1. The molecule has 0 unspecified atom stereocenters. The Balaban J connectivity index is 2.02. The molecule has 3 aromatic rings. The molecule has 19 heavy (non-hydrogen) atoms. The first-order chi connectivity index (χ1) is 9.22. The van der Waals surface area contributed by atoms with Gasteiger partial charge in [-0.25, -0.2) is 4.98 Å². The molecule has 3 rings (SSSR count). The molecule has 0 fully saturated rings. The van der Waals surface area contributed by atoms with Crippen LogP contribution in [0.5, 0.6) is 0 Å². The quantitative estimate of drug-likeness (QED) is 0.747. The molecule has 0 bridgehead atoms. The van der Waals surface area contributed by atoms with Crippen molar-refractivity contribution in [1.29, 1.82) is 0 Å². The van der Waals surface area contributed by atoms with Crippen molar-refractivity contribution in [2.24, 2.45) is 7.05 Å². The fraction of sp³-hybridized carbons (Fsp3) is 0.0769. The Morgan fingerprint density at radius 1 is 1.05 bits per heavy atom. The summed E-state index contributed by atoms with van der Waals surface area (Å²) in [5.41, 5.74) is 8.54. The highest BCUT2D eigenvalue weighted by atomic mass is 15.6. The van der Waals surface area contributed by atoms with Crippen molar-refractivity contribution in [1.82, 2.24) is 25.2 Å². The van der Waals surface area contributed by atoms with Gasteiger partial charge in [-0.2, -0.15) is 4.80 Å². The zero-order chi connectivity index (χ0) is 13.2. The number of nitrogens with zero attached hydrogens (tertiary/aromatic N) is 5. The van der Waals surface area contributed by atoms with E-state index in [2.05, 4.69) is 20.4 Å². The molecular weight excluding hydrogens is 240 g/mol. The van der Waals surface area contributed by atoms with E-state index in [1.165, 1.54) is 4.80 Å². The molecule has 6 nitrogen and oxygen atoms in total. The molecule has 0 atom stereocenters. The van der Waals surface area contributed by atoms with Gasteiger partial charge in [0.2, 0.25) is 5.82 Å². The number of hydrogen-bond acceptors (Lipinski definition) is 5. The van der Waals surface area contributed by atoms with Crippen LogP contribution in [0, 0.1) is 0 Å². The average molecular weight is 252 g/mol. The Kier molecular flexibility index (Phi) is 2.68. The Morgan fingerprint density at radius 3 is 2.58 bits per heavy atom. The topological polar surface area (TPSA) is 82.5 Å². The van der Waals surface area contributed by atoms with E-state index in [0.717, 1.165) is 16.7 Å². The summed E-state index contributed by atoms with van der Waals surface area (Å²) in [5.74, 6) is 1.11. The standard InChI is InChI=1S/C13H12N6/c1-19-17-13(16-18-19)10-4-2-3-9(7-10)11-5-6-12(14)15-8-11/h2-8H,1H3,(H2,14,15). The van der Waals surface area contributed by atoms with Crippen LogP contribution in [0.1, 0.15) is 0 Å². The second kappa shape index (κ2) is 4.49. The number of aromatic nitrogens is 5. The number of anilines is 1. The van der Waals surface area contributed by atoms with Crippen LogP contribution in [0.2, 0.25) is 0 Å². The summed E-state index contributed by atoms with van der Waals surface area (Å²) < 4.78 is 0. The van der Waals surface area contributed by atoms with Gasteiger partial charge in [-0.1, -0.05) is 18.2 Å². The minimum atomic E-state index is 0.510. The minimum Gasteiger partial charge on any atom is -0.384 e. The van der Waals surface area contributed by atoms with Gasteiger partial charge in [0, 0.05) is 17.3 Å². The molecule has 0 radical (unpaired) electrons. The molecule has 0 aliphatic carbocycles. The number of rotatable bonds is 2. The van der Waals surface area contributed by atoms with Crippen molar-refractivity contribution in [3.63, 3.8) is 0 Å². The SMILES string of the molecule is Cn1nnc(-c2cccc(-c3ccc(N)nc3)c2)n1. The molecule has 6 heteroatoms. The monoisotopic (exact) mass is 252 g/mol. The fourth-order valence-electron chi connectivity index (χ4n) is 1.81. The first-order valence-electron chi connectivity index (χ1n) is 5.79. The smallest absolute Gasteiger partial charge is 0.204 e. The maximum Gasteiger partial charge on any atom is 0.204 e. The maximum atomic E-state index is 5.59. The summed E-state index contributed by atoms with van der Waals surface area (Å²) in [7, 11) is 1.74. The molecule has 2 heterocycles. The van der Waals surface area contributed by atoms with E-state index in [-0.39, 0.29) is 0 Å². The van der Waals surface area contributed by atoms with E-state index < -0.39 is 0 Å². The van der Waals surface area contributed by atoms with Crippen LogP contribution in [-0.4, -0.2) is 25.2 Å². The van der Waals surface area contributed by atoms with Crippen LogP contribution in [0.3, 0.4) is 0 Å². The van der Waals surface area contributed by atoms with Gasteiger partial charge in [0.05, 0.1) is 7.05 Å². The summed E-state index contributed by atoms with van der Waals surface area (Å²) in [5, 5.41) is 12.0. The third-order valence-electron chi connectivity index (χ3n) is 2.75. The van der Waals surface area contributed by atoms with Gasteiger partial charge in [0.25, 0.3) is 0 Å². The van der Waals surface area contributed by atoms with E-state index in [9.17, 15) is 0 Å². The number of hydrogen-bond donors (Lipinski definition) is 1. The van der Waals surface area contributed by atoms with Gasteiger partial charge >= 0.3 is 0 Å². The van der Waals surface area contributed by atoms with Crippen LogP contribution in [0.25, 0.3) is 22.5 Å². The van der Waals surface area contributed by atoms with Crippen LogP contribution >= 0.6 is 0 Å². The fourth-order valence-corrected chi connectivity index (χ4v) is 1.81. The van der Waals surface area contributed by atoms with Gasteiger partial charge in [-0.15, -0.1) is 10.2 Å². The van der Waals surface area contributed by atoms with Crippen molar-refractivity contribution in [3.05, 3.63) is 42.6 Å². The van der Waals surface area contributed by atoms with E-state index in [4.69, 9.17) is 5.73 Å². The maximum absolute atomic E-state index is 5.59. The number of nitrogen functional groups attached to an aromatic ring is 1. The third kappa shape index (κ3) is 2.28. The third-order valence-corrected chi connectivity index (χ3v) is 2.75. The van der Waals surface area contributed by atoms with Crippen molar-refractivity contribution in [2.75, 3.05) is 5.73 Å². The molecule has 2 aromatic heterocycles. The molecular formula is C13H12N6. The summed E-state index contributed by atoms with van der Waals surface area (Å²) in [6.07, 6.45) is 1.75. The van der Waals surface area contributed by atoms with Crippen molar-refractivity contribution in [3.8, 4) is 22.5 Å². The second-order valence-corrected chi connectivity index (χ2v) is 4.16. The second-order valence-electron chi connectivity index (χ2n) is 4.16. The number of aryl methyl sites for hydroxylation is 1. The van der Waals surface area contributed by atoms with Crippen LogP contribution in [0.15, 0.2) is 42.6 Å². The minimum absolute atomic E-state index is 0.510. The molecule has 94 valence electrons. The average Bonchev–Trinajstić information content (AvgIpc) is 2.86. The molecule has 0 saturated heterocycles. The van der Waals surface area contributed by atoms with Gasteiger partial charge in [0.1, 0.15) is 5.82 Å². The molecule has 0 aliphatic rings. The van der Waals surface area contributed by atoms with E-state index in [0.29, 0.717) is 11.6 Å². The van der Waals surface area contributed by atoms with Crippen molar-refractivity contribution < 1.29 is 0 Å². The molecule has 0 saturated carbocycles. The van der Waals surface area contributed by atoms with Crippen LogP contribution < -0.4 is 5.73 Å². The number of benzene rings is 1. The zero-order valence-corrected chi connectivity index (χ0v) is 10.4. The lowest BCUT2D eigenvalue weighted by Crippen LogP contribution is -1.92. The molecule has 1 aromatic carbocycles. The Bertz CT molecular complexity index is 701. The lowest BCUT2D eigenvalue weighted by atomic mass is 10.0. The molecule has 0 spiro atoms. The highest BCUT2D eigenvalue weighted by molar-refractivity contribution is 5.69. The summed E-state index contributed by atoms with van der Waals surface area (Å²) in [6, 6.07) is 11.6. The number of tetrazole rings is 1. The van der Waals surface area contributed by atoms with Crippen LogP contribution in [-0.2, 0) is 7.05 Å². The predicted octanol–water partition coefficient (Wildman–Crippen LogP) is 1.52. The predicted molar refractivity (Wildman–Crippen MR) is 71.9 cm³/mol. The first-order valence-corrected chi connectivity index (χ1v) is 5.79. The van der Waals surface area contributed by atoms with Gasteiger partial charge in [-0.05, 0) is 29.0 Å². The molecule has 2 N–H and O–H groups in total. The highest BCUT2D eigenvalue weighted by Crippen LogP contribution is 2.23. The Morgan fingerprint density at radius 2 is 1.89 bits per heavy atom. The normalized spacial score (nSPS) is 10.6. The molecule has 0 amide bonds. The summed E-state index contributed by atoms with van der Waals surface area (Å²) >= 11 is 0. The van der Waals surface area contributed by atoms with Crippen molar-refractivity contribution >= 4 is 5.82 Å². The van der Waals surface area contributed by atoms with E-state index in [1.807, 2.05) is 30.3 Å². The Hall–Kier alpha value is -2.76. The van der Waals surface area contributed by atoms with Crippen molar-refractivity contribution in [2.45, 2.75) is 0 Å². The lowest BCUT2D eigenvalue weighted by molar-refractivity contribution is 0.630. The Labute approximate surface area is 109 Å². The summed E-state index contributed by atoms with van der Waals surface area (Å²) in [6.45, 7) is 0. The van der Waals surface area contributed by atoms with E-state index >= 15 is 0 Å². The number of nitrogens with two attached hydrogens (primary N) is 1. The van der Waals surface area contributed by atoms with Gasteiger partial charge in [0.15, 0.2) is 0 Å². The van der Waals surface area contributed by atoms with Gasteiger partial charge < -0.3 is 5.73 Å². The molecule has 0 aliphatic heterocycles. The van der Waals surface area contributed by atoms with E-state index in [1.54, 1.807) is 19.3 Å². The van der Waals surface area contributed by atoms with Crippen LogP contribution in [0.4, 0.5) is 5.82 Å². The first kappa shape index (κ1) is 11.3. The zero-order valence-electron chi connectivity index (χ0n) is 10.4. The summed E-state index contributed by atoms with van der Waals surface area (Å²) in [4.78, 5) is 5.53. The van der Waals surface area contributed by atoms with Gasteiger partial charge in [-0.3, -0.25) is 0 Å². The largest absolute Gasteiger partial charge is 0.384 e. The highest BCUT2D eigenvalue weighted by Gasteiger charge is 2.06. The lowest BCUT2D eigenvalue weighted by Gasteiger charge is -2.03.